The Morgan fingerprint density at radius 3 is 2.44 bits per heavy atom. The summed E-state index contributed by atoms with van der Waals surface area (Å²) < 4.78 is 2.00. The Kier molecular flexibility index (Phi) is 6.41. The smallest absolute Gasteiger partial charge is 0.0521 e. The maximum atomic E-state index is 4.33. The Hall–Kier alpha value is -0.830. The van der Waals surface area contributed by atoms with Crippen LogP contribution in [0, 0.1) is 17.8 Å². The Bertz CT molecular complexity index is 330. The SMILES string of the molecule is CCn1cc(CC(C)C(C)CNCC(C)C)cn1. The number of hydrogen-bond acceptors (Lipinski definition) is 2. The zero-order valence-electron chi connectivity index (χ0n) is 12.6. The van der Waals surface area contributed by atoms with Gasteiger partial charge in [-0.2, -0.15) is 5.10 Å². The third kappa shape index (κ3) is 5.21. The van der Waals surface area contributed by atoms with Crippen molar-refractivity contribution >= 4 is 0 Å². The van der Waals surface area contributed by atoms with Gasteiger partial charge in [0.15, 0.2) is 0 Å². The van der Waals surface area contributed by atoms with E-state index in [0.29, 0.717) is 11.8 Å². The van der Waals surface area contributed by atoms with Crippen LogP contribution in [0.15, 0.2) is 12.4 Å². The molecule has 1 heterocycles. The highest BCUT2D eigenvalue weighted by molar-refractivity contribution is 5.05. The predicted molar refractivity (Wildman–Crippen MR) is 77.6 cm³/mol. The second-order valence-electron chi connectivity index (χ2n) is 5.92. The molecule has 1 aromatic rings. The average molecular weight is 251 g/mol. The van der Waals surface area contributed by atoms with E-state index in [9.17, 15) is 0 Å². The van der Waals surface area contributed by atoms with E-state index in [1.807, 2.05) is 10.9 Å². The number of rotatable bonds is 8. The molecule has 0 saturated heterocycles. The van der Waals surface area contributed by atoms with Gasteiger partial charge in [0, 0.05) is 12.7 Å². The van der Waals surface area contributed by atoms with Crippen molar-refractivity contribution in [2.45, 2.75) is 47.6 Å². The van der Waals surface area contributed by atoms with Gasteiger partial charge in [-0.3, -0.25) is 4.68 Å². The van der Waals surface area contributed by atoms with Gasteiger partial charge in [-0.1, -0.05) is 27.7 Å². The van der Waals surface area contributed by atoms with Gasteiger partial charge in [0.25, 0.3) is 0 Å². The molecule has 0 aliphatic heterocycles. The average Bonchev–Trinajstić information content (AvgIpc) is 2.76. The van der Waals surface area contributed by atoms with E-state index in [2.05, 4.69) is 51.2 Å². The number of hydrogen-bond donors (Lipinski definition) is 1. The van der Waals surface area contributed by atoms with E-state index in [1.165, 1.54) is 5.56 Å². The van der Waals surface area contributed by atoms with Gasteiger partial charge >= 0.3 is 0 Å². The first-order valence-electron chi connectivity index (χ1n) is 7.25. The van der Waals surface area contributed by atoms with Gasteiger partial charge in [-0.05, 0) is 49.8 Å². The number of nitrogens with zero attached hydrogens (tertiary/aromatic N) is 2. The van der Waals surface area contributed by atoms with Crippen molar-refractivity contribution in [3.05, 3.63) is 18.0 Å². The van der Waals surface area contributed by atoms with Crippen LogP contribution in [-0.4, -0.2) is 22.9 Å². The van der Waals surface area contributed by atoms with Crippen LogP contribution in [-0.2, 0) is 13.0 Å². The summed E-state index contributed by atoms with van der Waals surface area (Å²) in [5.74, 6) is 2.13. The Morgan fingerprint density at radius 2 is 1.89 bits per heavy atom. The van der Waals surface area contributed by atoms with Crippen molar-refractivity contribution in [1.29, 1.82) is 0 Å². The van der Waals surface area contributed by atoms with E-state index < -0.39 is 0 Å². The molecule has 1 aromatic heterocycles. The molecule has 2 unspecified atom stereocenters. The topological polar surface area (TPSA) is 29.9 Å². The first-order valence-corrected chi connectivity index (χ1v) is 7.25. The zero-order chi connectivity index (χ0) is 13.5. The molecule has 0 bridgehead atoms. The molecule has 3 heteroatoms. The van der Waals surface area contributed by atoms with E-state index in [0.717, 1.165) is 32.0 Å². The molecule has 104 valence electrons. The highest BCUT2D eigenvalue weighted by Gasteiger charge is 2.13. The Balaban J connectivity index is 2.32. The van der Waals surface area contributed by atoms with Gasteiger partial charge in [0.1, 0.15) is 0 Å². The van der Waals surface area contributed by atoms with Crippen LogP contribution < -0.4 is 5.32 Å². The lowest BCUT2D eigenvalue weighted by atomic mass is 9.90. The zero-order valence-corrected chi connectivity index (χ0v) is 12.6. The predicted octanol–water partition coefficient (Wildman–Crippen LogP) is 2.96. The van der Waals surface area contributed by atoms with E-state index in [-0.39, 0.29) is 0 Å². The summed E-state index contributed by atoms with van der Waals surface area (Å²) in [7, 11) is 0. The molecule has 0 aromatic carbocycles. The van der Waals surface area contributed by atoms with Crippen LogP contribution in [0.1, 0.15) is 40.2 Å². The summed E-state index contributed by atoms with van der Waals surface area (Å²) in [6.07, 6.45) is 5.31. The molecule has 0 saturated carbocycles. The van der Waals surface area contributed by atoms with Crippen molar-refractivity contribution in [2.75, 3.05) is 13.1 Å². The largest absolute Gasteiger partial charge is 0.316 e. The fraction of sp³-hybridized carbons (Fsp3) is 0.800. The van der Waals surface area contributed by atoms with Crippen LogP contribution in [0.3, 0.4) is 0 Å². The minimum absolute atomic E-state index is 0.694. The van der Waals surface area contributed by atoms with Gasteiger partial charge in [-0.15, -0.1) is 0 Å². The van der Waals surface area contributed by atoms with E-state index in [4.69, 9.17) is 0 Å². The monoisotopic (exact) mass is 251 g/mol. The lowest BCUT2D eigenvalue weighted by molar-refractivity contribution is 0.357. The van der Waals surface area contributed by atoms with Crippen molar-refractivity contribution in [1.82, 2.24) is 15.1 Å². The van der Waals surface area contributed by atoms with E-state index in [1.54, 1.807) is 0 Å². The van der Waals surface area contributed by atoms with Crippen molar-refractivity contribution in [3.8, 4) is 0 Å². The molecule has 0 fully saturated rings. The summed E-state index contributed by atoms with van der Waals surface area (Å²) >= 11 is 0. The van der Waals surface area contributed by atoms with Crippen molar-refractivity contribution < 1.29 is 0 Å². The van der Waals surface area contributed by atoms with Crippen LogP contribution in [0.2, 0.25) is 0 Å². The lowest BCUT2D eigenvalue weighted by Crippen LogP contribution is -2.28. The molecule has 0 amide bonds. The highest BCUT2D eigenvalue weighted by atomic mass is 15.3. The van der Waals surface area contributed by atoms with Gasteiger partial charge < -0.3 is 5.32 Å². The van der Waals surface area contributed by atoms with Crippen molar-refractivity contribution in [2.24, 2.45) is 17.8 Å². The molecule has 0 aliphatic rings. The van der Waals surface area contributed by atoms with E-state index >= 15 is 0 Å². The highest BCUT2D eigenvalue weighted by Crippen LogP contribution is 2.16. The van der Waals surface area contributed by atoms with Gasteiger partial charge in [0.2, 0.25) is 0 Å². The molecule has 3 nitrogen and oxygen atoms in total. The molecule has 1 N–H and O–H groups in total. The minimum atomic E-state index is 0.694. The third-order valence-corrected chi connectivity index (χ3v) is 3.56. The standard InChI is InChI=1S/C15H29N3/c1-6-18-11-15(10-17-18)7-13(4)14(5)9-16-8-12(2)3/h10-14,16H,6-9H2,1-5H3. The van der Waals surface area contributed by atoms with Gasteiger partial charge in [-0.25, -0.2) is 0 Å². The summed E-state index contributed by atoms with van der Waals surface area (Å²) in [5.41, 5.74) is 1.36. The number of aryl methyl sites for hydroxylation is 1. The Morgan fingerprint density at radius 1 is 1.17 bits per heavy atom. The van der Waals surface area contributed by atoms with Crippen LogP contribution in [0.5, 0.6) is 0 Å². The van der Waals surface area contributed by atoms with Crippen LogP contribution in [0.25, 0.3) is 0 Å². The number of aromatic nitrogens is 2. The molecular formula is C15H29N3. The molecular weight excluding hydrogens is 222 g/mol. The molecule has 0 radical (unpaired) electrons. The fourth-order valence-electron chi connectivity index (χ4n) is 2.06. The van der Waals surface area contributed by atoms with Crippen molar-refractivity contribution in [3.63, 3.8) is 0 Å². The first kappa shape index (κ1) is 15.2. The maximum absolute atomic E-state index is 4.33. The molecule has 1 rings (SSSR count). The number of nitrogens with one attached hydrogen (secondary N) is 1. The maximum Gasteiger partial charge on any atom is 0.0521 e. The molecule has 0 aliphatic carbocycles. The van der Waals surface area contributed by atoms with Gasteiger partial charge in [0.05, 0.1) is 6.20 Å². The molecule has 2 atom stereocenters. The first-order chi connectivity index (χ1) is 8.52. The second-order valence-corrected chi connectivity index (χ2v) is 5.92. The quantitative estimate of drug-likeness (QED) is 0.770. The summed E-state index contributed by atoms with van der Waals surface area (Å²) in [5, 5.41) is 7.88. The lowest BCUT2D eigenvalue weighted by Gasteiger charge is -2.20. The molecule has 0 spiro atoms. The summed E-state index contributed by atoms with van der Waals surface area (Å²) in [4.78, 5) is 0. The fourth-order valence-corrected chi connectivity index (χ4v) is 2.06. The Labute approximate surface area is 112 Å². The second kappa shape index (κ2) is 7.57. The summed E-state index contributed by atoms with van der Waals surface area (Å²) in [6, 6.07) is 0. The normalized spacial score (nSPS) is 15.0. The summed E-state index contributed by atoms with van der Waals surface area (Å²) in [6.45, 7) is 14.5. The minimum Gasteiger partial charge on any atom is -0.316 e. The van der Waals surface area contributed by atoms with Crippen LogP contribution in [0.4, 0.5) is 0 Å². The molecule has 18 heavy (non-hydrogen) atoms. The van der Waals surface area contributed by atoms with Crippen LogP contribution >= 0.6 is 0 Å². The third-order valence-electron chi connectivity index (χ3n) is 3.56.